The van der Waals surface area contributed by atoms with E-state index in [4.69, 9.17) is 4.74 Å². The molecule has 2 atom stereocenters. The van der Waals surface area contributed by atoms with Crippen molar-refractivity contribution in [3.63, 3.8) is 0 Å². The van der Waals surface area contributed by atoms with E-state index >= 15 is 0 Å². The summed E-state index contributed by atoms with van der Waals surface area (Å²) in [5.74, 6) is 0.0324. The second kappa shape index (κ2) is 5.79. The third-order valence-electron chi connectivity index (χ3n) is 4.10. The molecule has 0 radical (unpaired) electrons. The Labute approximate surface area is 119 Å². The minimum atomic E-state index is 0.0324. The molecule has 1 saturated carbocycles. The van der Waals surface area contributed by atoms with E-state index in [9.17, 15) is 4.79 Å². The summed E-state index contributed by atoms with van der Waals surface area (Å²) in [6, 6.07) is 3.96. The molecule has 0 bridgehead atoms. The number of hydrogen-bond donors (Lipinski definition) is 1. The highest BCUT2D eigenvalue weighted by molar-refractivity contribution is 5.93. The molecule has 3 rings (SSSR count). The van der Waals surface area contributed by atoms with Gasteiger partial charge >= 0.3 is 0 Å². The van der Waals surface area contributed by atoms with Gasteiger partial charge in [-0.15, -0.1) is 0 Å². The van der Waals surface area contributed by atoms with E-state index < -0.39 is 0 Å². The summed E-state index contributed by atoms with van der Waals surface area (Å²) in [4.78, 5) is 18.9. The largest absolute Gasteiger partial charge is 0.385 e. The SMILES string of the molecule is CCNc1ccnc(C(=O)N2CCOC3CCCC32)c1. The molecule has 2 unspecified atom stereocenters. The lowest BCUT2D eigenvalue weighted by molar-refractivity contribution is -0.0447. The van der Waals surface area contributed by atoms with Crippen molar-refractivity contribution in [2.24, 2.45) is 0 Å². The van der Waals surface area contributed by atoms with Gasteiger partial charge in [0.15, 0.2) is 0 Å². The Morgan fingerprint density at radius 2 is 2.45 bits per heavy atom. The molecule has 1 aromatic heterocycles. The number of fused-ring (bicyclic) bond motifs is 1. The van der Waals surface area contributed by atoms with Crippen LogP contribution in [0.4, 0.5) is 5.69 Å². The number of hydrogen-bond acceptors (Lipinski definition) is 4. The van der Waals surface area contributed by atoms with Crippen LogP contribution in [0.3, 0.4) is 0 Å². The Bertz CT molecular complexity index is 492. The number of nitrogens with zero attached hydrogens (tertiary/aromatic N) is 2. The molecule has 2 aliphatic rings. The number of rotatable bonds is 3. The molecule has 0 spiro atoms. The van der Waals surface area contributed by atoms with Gasteiger partial charge in [0, 0.05) is 25.0 Å². The highest BCUT2D eigenvalue weighted by atomic mass is 16.5. The molecule has 108 valence electrons. The summed E-state index contributed by atoms with van der Waals surface area (Å²) in [6.45, 7) is 4.18. The van der Waals surface area contributed by atoms with Crippen molar-refractivity contribution in [1.29, 1.82) is 0 Å². The molecule has 5 nitrogen and oxygen atoms in total. The van der Waals surface area contributed by atoms with Gasteiger partial charge in [0.05, 0.1) is 18.8 Å². The van der Waals surface area contributed by atoms with Crippen LogP contribution in [0.1, 0.15) is 36.7 Å². The first-order valence-electron chi connectivity index (χ1n) is 7.42. The number of morpholine rings is 1. The Hall–Kier alpha value is -1.62. The van der Waals surface area contributed by atoms with E-state index in [2.05, 4.69) is 10.3 Å². The Kier molecular flexibility index (Phi) is 3.87. The summed E-state index contributed by atoms with van der Waals surface area (Å²) < 4.78 is 5.75. The van der Waals surface area contributed by atoms with Gasteiger partial charge < -0.3 is 15.0 Å². The fraction of sp³-hybridized carbons (Fsp3) is 0.600. The number of nitrogens with one attached hydrogen (secondary N) is 1. The van der Waals surface area contributed by atoms with Crippen LogP contribution in [-0.4, -0.2) is 47.6 Å². The van der Waals surface area contributed by atoms with Crippen molar-refractivity contribution in [1.82, 2.24) is 9.88 Å². The summed E-state index contributed by atoms with van der Waals surface area (Å²) in [7, 11) is 0. The summed E-state index contributed by atoms with van der Waals surface area (Å²) >= 11 is 0. The standard InChI is InChI=1S/C15H21N3O2/c1-2-16-11-6-7-17-12(10-11)15(19)18-8-9-20-14-5-3-4-13(14)18/h6-7,10,13-14H,2-5,8-9H2,1H3,(H,16,17). The third-order valence-corrected chi connectivity index (χ3v) is 4.10. The fourth-order valence-corrected chi connectivity index (χ4v) is 3.19. The lowest BCUT2D eigenvalue weighted by Gasteiger charge is -2.37. The fourth-order valence-electron chi connectivity index (χ4n) is 3.19. The molecule has 2 fully saturated rings. The predicted molar refractivity (Wildman–Crippen MR) is 76.8 cm³/mol. The van der Waals surface area contributed by atoms with Crippen LogP contribution in [0.5, 0.6) is 0 Å². The van der Waals surface area contributed by atoms with Crippen molar-refractivity contribution >= 4 is 11.6 Å². The predicted octanol–water partition coefficient (Wildman–Crippen LogP) is 1.91. The van der Waals surface area contributed by atoms with Crippen LogP contribution in [0.15, 0.2) is 18.3 Å². The lowest BCUT2D eigenvalue weighted by atomic mass is 10.1. The van der Waals surface area contributed by atoms with Crippen LogP contribution in [0.2, 0.25) is 0 Å². The van der Waals surface area contributed by atoms with Gasteiger partial charge in [-0.05, 0) is 38.3 Å². The maximum absolute atomic E-state index is 12.7. The molecule has 1 saturated heterocycles. The molecular formula is C15H21N3O2. The normalized spacial score (nSPS) is 25.4. The quantitative estimate of drug-likeness (QED) is 0.915. The molecule has 1 aromatic rings. The van der Waals surface area contributed by atoms with E-state index in [0.29, 0.717) is 18.8 Å². The molecule has 1 N–H and O–H groups in total. The highest BCUT2D eigenvalue weighted by Crippen LogP contribution is 2.30. The smallest absolute Gasteiger partial charge is 0.272 e. The van der Waals surface area contributed by atoms with Gasteiger partial charge in [-0.2, -0.15) is 0 Å². The van der Waals surface area contributed by atoms with E-state index in [-0.39, 0.29) is 18.1 Å². The monoisotopic (exact) mass is 275 g/mol. The third kappa shape index (κ3) is 2.50. The second-order valence-electron chi connectivity index (χ2n) is 5.37. The first kappa shape index (κ1) is 13.4. The number of amides is 1. The van der Waals surface area contributed by atoms with Gasteiger partial charge in [-0.25, -0.2) is 0 Å². The van der Waals surface area contributed by atoms with Crippen LogP contribution < -0.4 is 5.32 Å². The minimum Gasteiger partial charge on any atom is -0.385 e. The van der Waals surface area contributed by atoms with Gasteiger partial charge in [-0.3, -0.25) is 9.78 Å². The van der Waals surface area contributed by atoms with Crippen molar-refractivity contribution in [3.8, 4) is 0 Å². The first-order chi connectivity index (χ1) is 9.79. The second-order valence-corrected chi connectivity index (χ2v) is 5.37. The van der Waals surface area contributed by atoms with Gasteiger partial charge in [0.1, 0.15) is 5.69 Å². The highest BCUT2D eigenvalue weighted by Gasteiger charge is 2.38. The molecule has 1 aliphatic heterocycles. The molecule has 2 heterocycles. The topological polar surface area (TPSA) is 54.5 Å². The van der Waals surface area contributed by atoms with E-state index in [0.717, 1.165) is 31.5 Å². The number of carbonyl (C=O) groups excluding carboxylic acids is 1. The minimum absolute atomic E-state index is 0.0324. The molecule has 1 aliphatic carbocycles. The molecule has 20 heavy (non-hydrogen) atoms. The number of anilines is 1. The van der Waals surface area contributed by atoms with Crippen LogP contribution in [0.25, 0.3) is 0 Å². The van der Waals surface area contributed by atoms with E-state index in [1.165, 1.54) is 0 Å². The van der Waals surface area contributed by atoms with E-state index in [1.807, 2.05) is 24.0 Å². The number of aromatic nitrogens is 1. The average Bonchev–Trinajstić information content (AvgIpc) is 2.95. The zero-order valence-electron chi connectivity index (χ0n) is 11.8. The van der Waals surface area contributed by atoms with Crippen LogP contribution >= 0.6 is 0 Å². The summed E-state index contributed by atoms with van der Waals surface area (Å²) in [5.41, 5.74) is 1.47. The van der Waals surface area contributed by atoms with Crippen molar-refractivity contribution < 1.29 is 9.53 Å². The van der Waals surface area contributed by atoms with Crippen LogP contribution in [0, 0.1) is 0 Å². The zero-order valence-corrected chi connectivity index (χ0v) is 11.8. The molecule has 1 amide bonds. The van der Waals surface area contributed by atoms with Crippen molar-refractivity contribution in [3.05, 3.63) is 24.0 Å². The molecular weight excluding hydrogens is 254 g/mol. The van der Waals surface area contributed by atoms with Gasteiger partial charge in [-0.1, -0.05) is 0 Å². The summed E-state index contributed by atoms with van der Waals surface area (Å²) in [5, 5.41) is 3.22. The van der Waals surface area contributed by atoms with Gasteiger partial charge in [0.2, 0.25) is 0 Å². The zero-order chi connectivity index (χ0) is 13.9. The first-order valence-corrected chi connectivity index (χ1v) is 7.42. The Balaban J connectivity index is 1.79. The number of carbonyl (C=O) groups is 1. The average molecular weight is 275 g/mol. The van der Waals surface area contributed by atoms with E-state index in [1.54, 1.807) is 6.20 Å². The summed E-state index contributed by atoms with van der Waals surface area (Å²) in [6.07, 6.45) is 5.18. The maximum atomic E-state index is 12.7. The number of ether oxygens (including phenoxy) is 1. The van der Waals surface area contributed by atoms with Crippen LogP contribution in [-0.2, 0) is 4.74 Å². The van der Waals surface area contributed by atoms with Crippen molar-refractivity contribution in [2.45, 2.75) is 38.3 Å². The van der Waals surface area contributed by atoms with Crippen molar-refractivity contribution in [2.75, 3.05) is 25.0 Å². The lowest BCUT2D eigenvalue weighted by Crippen LogP contribution is -2.51. The van der Waals surface area contributed by atoms with Gasteiger partial charge in [0.25, 0.3) is 5.91 Å². The molecule has 0 aromatic carbocycles. The Morgan fingerprint density at radius 3 is 3.30 bits per heavy atom. The Morgan fingerprint density at radius 1 is 1.55 bits per heavy atom. The number of pyridine rings is 1. The maximum Gasteiger partial charge on any atom is 0.272 e. The molecule has 5 heteroatoms.